The summed E-state index contributed by atoms with van der Waals surface area (Å²) in [6.45, 7) is 5.30. The summed E-state index contributed by atoms with van der Waals surface area (Å²) in [5.74, 6) is -0.119. The topological polar surface area (TPSA) is 101 Å². The van der Waals surface area contributed by atoms with Gasteiger partial charge in [-0.25, -0.2) is 4.79 Å². The van der Waals surface area contributed by atoms with Crippen LogP contribution in [0.3, 0.4) is 0 Å². The number of aromatic nitrogens is 1. The van der Waals surface area contributed by atoms with Crippen molar-refractivity contribution < 1.29 is 14.7 Å². The van der Waals surface area contributed by atoms with Crippen LogP contribution in [-0.4, -0.2) is 39.7 Å². The molecule has 0 aromatic carbocycles. The van der Waals surface area contributed by atoms with Crippen LogP contribution in [0, 0.1) is 0 Å². The molecule has 0 aliphatic rings. The zero-order valence-electron chi connectivity index (χ0n) is 12.1. The molecule has 1 rings (SSSR count). The van der Waals surface area contributed by atoms with Crippen LogP contribution in [0.5, 0.6) is 0 Å². The van der Waals surface area contributed by atoms with Crippen molar-refractivity contribution in [1.82, 2.24) is 9.88 Å². The van der Waals surface area contributed by atoms with Gasteiger partial charge in [0.2, 0.25) is 0 Å². The van der Waals surface area contributed by atoms with Crippen molar-refractivity contribution in [2.45, 2.75) is 32.4 Å². The molecule has 0 bridgehead atoms. The first-order valence-corrected chi connectivity index (χ1v) is 6.09. The van der Waals surface area contributed by atoms with Crippen LogP contribution in [0.1, 0.15) is 32.4 Å². The SMILES string of the molecule is CN(C(=O)OC(C)(C)C)C(/C(N)=N/O)c1cccnc1. The molecular weight excluding hydrogens is 260 g/mol. The number of carbonyl (C=O) groups is 1. The minimum absolute atomic E-state index is 0.119. The van der Waals surface area contributed by atoms with Crippen molar-refractivity contribution in [3.8, 4) is 0 Å². The monoisotopic (exact) mass is 280 g/mol. The number of amidine groups is 1. The summed E-state index contributed by atoms with van der Waals surface area (Å²) < 4.78 is 5.27. The minimum atomic E-state index is -0.747. The molecule has 1 amide bonds. The second kappa shape index (κ2) is 6.23. The van der Waals surface area contributed by atoms with Crippen LogP contribution in [0.2, 0.25) is 0 Å². The molecule has 7 heteroatoms. The van der Waals surface area contributed by atoms with Crippen molar-refractivity contribution >= 4 is 11.9 Å². The van der Waals surface area contributed by atoms with Gasteiger partial charge in [-0.2, -0.15) is 0 Å². The Bertz CT molecular complexity index is 482. The Morgan fingerprint density at radius 1 is 1.55 bits per heavy atom. The predicted molar refractivity (Wildman–Crippen MR) is 74.4 cm³/mol. The van der Waals surface area contributed by atoms with Crippen LogP contribution in [0.15, 0.2) is 29.7 Å². The number of carbonyl (C=O) groups excluding carboxylic acids is 1. The second-order valence-corrected chi connectivity index (χ2v) is 5.31. The third-order valence-electron chi connectivity index (χ3n) is 2.46. The van der Waals surface area contributed by atoms with Gasteiger partial charge in [0.25, 0.3) is 0 Å². The average Bonchev–Trinajstić information content (AvgIpc) is 2.37. The number of hydrogen-bond acceptors (Lipinski definition) is 5. The minimum Gasteiger partial charge on any atom is -0.444 e. The Labute approximate surface area is 118 Å². The molecule has 0 fully saturated rings. The smallest absolute Gasteiger partial charge is 0.410 e. The standard InChI is InChI=1S/C13H20N4O3/c1-13(2,3)20-12(18)17(4)10(11(14)16-19)9-6-5-7-15-8-9/h5-8,10,19H,1-4H3,(H2,14,16). The van der Waals surface area contributed by atoms with Gasteiger partial charge in [0.1, 0.15) is 11.6 Å². The first-order valence-electron chi connectivity index (χ1n) is 6.09. The summed E-state index contributed by atoms with van der Waals surface area (Å²) in [5.41, 5.74) is 5.67. The molecule has 110 valence electrons. The number of hydrogen-bond donors (Lipinski definition) is 2. The Kier molecular flexibility index (Phi) is 4.90. The molecule has 0 radical (unpaired) electrons. The highest BCUT2D eigenvalue weighted by molar-refractivity contribution is 5.89. The van der Waals surface area contributed by atoms with Gasteiger partial charge in [0, 0.05) is 25.0 Å². The summed E-state index contributed by atoms with van der Waals surface area (Å²) in [7, 11) is 1.52. The van der Waals surface area contributed by atoms with Gasteiger partial charge in [0.15, 0.2) is 5.84 Å². The molecule has 0 saturated heterocycles. The molecule has 1 aromatic rings. The van der Waals surface area contributed by atoms with E-state index in [0.29, 0.717) is 5.56 Å². The highest BCUT2D eigenvalue weighted by Gasteiger charge is 2.29. The fourth-order valence-electron chi connectivity index (χ4n) is 1.62. The summed E-state index contributed by atoms with van der Waals surface area (Å²) in [6.07, 6.45) is 2.57. The number of ether oxygens (including phenoxy) is 1. The molecule has 0 aliphatic carbocycles. The number of pyridine rings is 1. The van der Waals surface area contributed by atoms with E-state index >= 15 is 0 Å². The molecule has 1 heterocycles. The van der Waals surface area contributed by atoms with Gasteiger partial charge in [-0.3, -0.25) is 9.88 Å². The number of nitrogens with zero attached hydrogens (tertiary/aromatic N) is 3. The lowest BCUT2D eigenvalue weighted by atomic mass is 10.1. The number of oxime groups is 1. The van der Waals surface area contributed by atoms with Crippen LogP contribution in [0.25, 0.3) is 0 Å². The maximum absolute atomic E-state index is 12.1. The van der Waals surface area contributed by atoms with E-state index in [0.717, 1.165) is 0 Å². The van der Waals surface area contributed by atoms with E-state index in [1.165, 1.54) is 11.9 Å². The van der Waals surface area contributed by atoms with Crippen molar-refractivity contribution in [1.29, 1.82) is 0 Å². The van der Waals surface area contributed by atoms with E-state index in [4.69, 9.17) is 15.7 Å². The van der Waals surface area contributed by atoms with Gasteiger partial charge in [0.05, 0.1) is 0 Å². The Morgan fingerprint density at radius 3 is 2.65 bits per heavy atom. The zero-order chi connectivity index (χ0) is 15.3. The van der Waals surface area contributed by atoms with Crippen LogP contribution in [0.4, 0.5) is 4.79 Å². The van der Waals surface area contributed by atoms with E-state index in [-0.39, 0.29) is 5.84 Å². The van der Waals surface area contributed by atoms with E-state index in [9.17, 15) is 4.79 Å². The molecule has 0 saturated carbocycles. The van der Waals surface area contributed by atoms with E-state index in [2.05, 4.69) is 10.1 Å². The molecule has 1 aromatic heterocycles. The molecular formula is C13H20N4O3. The number of rotatable bonds is 3. The normalized spacial score (nSPS) is 13.7. The van der Waals surface area contributed by atoms with Crippen LogP contribution in [-0.2, 0) is 4.74 Å². The van der Waals surface area contributed by atoms with Crippen molar-refractivity contribution in [3.63, 3.8) is 0 Å². The first kappa shape index (κ1) is 15.7. The maximum Gasteiger partial charge on any atom is 0.410 e. The zero-order valence-corrected chi connectivity index (χ0v) is 12.1. The largest absolute Gasteiger partial charge is 0.444 e. The van der Waals surface area contributed by atoms with Gasteiger partial charge in [-0.1, -0.05) is 11.2 Å². The fraction of sp³-hybridized carbons (Fsp3) is 0.462. The summed E-state index contributed by atoms with van der Waals surface area (Å²) in [4.78, 5) is 17.3. The number of amides is 1. The summed E-state index contributed by atoms with van der Waals surface area (Å²) in [5, 5.41) is 11.9. The van der Waals surface area contributed by atoms with Crippen molar-refractivity contribution in [3.05, 3.63) is 30.1 Å². The molecule has 7 nitrogen and oxygen atoms in total. The predicted octanol–water partition coefficient (Wildman–Crippen LogP) is 1.74. The van der Waals surface area contributed by atoms with Gasteiger partial charge in [-0.15, -0.1) is 0 Å². The van der Waals surface area contributed by atoms with E-state index in [1.807, 2.05) is 0 Å². The lowest BCUT2D eigenvalue weighted by Gasteiger charge is -2.30. The maximum atomic E-state index is 12.1. The highest BCUT2D eigenvalue weighted by Crippen LogP contribution is 2.21. The van der Waals surface area contributed by atoms with Gasteiger partial charge >= 0.3 is 6.09 Å². The summed E-state index contributed by atoms with van der Waals surface area (Å²) >= 11 is 0. The Morgan fingerprint density at radius 2 is 2.20 bits per heavy atom. The molecule has 1 atom stereocenters. The highest BCUT2D eigenvalue weighted by atomic mass is 16.6. The fourth-order valence-corrected chi connectivity index (χ4v) is 1.62. The third kappa shape index (κ3) is 4.11. The average molecular weight is 280 g/mol. The Hall–Kier alpha value is -2.31. The first-order chi connectivity index (χ1) is 9.26. The molecule has 0 aliphatic heterocycles. The Balaban J connectivity index is 3.04. The number of nitrogens with two attached hydrogens (primary N) is 1. The van der Waals surface area contributed by atoms with E-state index < -0.39 is 17.7 Å². The quantitative estimate of drug-likeness (QED) is 0.380. The third-order valence-corrected chi connectivity index (χ3v) is 2.46. The lowest BCUT2D eigenvalue weighted by molar-refractivity contribution is 0.0263. The lowest BCUT2D eigenvalue weighted by Crippen LogP contribution is -2.42. The van der Waals surface area contributed by atoms with E-state index in [1.54, 1.807) is 45.3 Å². The molecule has 1 unspecified atom stereocenters. The van der Waals surface area contributed by atoms with Crippen molar-refractivity contribution in [2.24, 2.45) is 10.9 Å². The summed E-state index contributed by atoms with van der Waals surface area (Å²) in [6, 6.07) is 2.69. The second-order valence-electron chi connectivity index (χ2n) is 5.31. The van der Waals surface area contributed by atoms with Gasteiger partial charge < -0.3 is 15.7 Å². The molecule has 20 heavy (non-hydrogen) atoms. The molecule has 0 spiro atoms. The van der Waals surface area contributed by atoms with Crippen LogP contribution < -0.4 is 5.73 Å². The number of likely N-dealkylation sites (N-methyl/N-ethyl adjacent to an activating group) is 1. The van der Waals surface area contributed by atoms with Crippen molar-refractivity contribution in [2.75, 3.05) is 7.05 Å². The van der Waals surface area contributed by atoms with Gasteiger partial charge in [-0.05, 0) is 26.8 Å². The van der Waals surface area contributed by atoms with Crippen LogP contribution >= 0.6 is 0 Å². The molecule has 3 N–H and O–H groups in total.